The highest BCUT2D eigenvalue weighted by atomic mass is 35.5. The van der Waals surface area contributed by atoms with Crippen LogP contribution in [0, 0.1) is 5.92 Å². The zero-order valence-corrected chi connectivity index (χ0v) is 15.5. The third-order valence-electron chi connectivity index (χ3n) is 5.56. The fourth-order valence-corrected chi connectivity index (χ4v) is 4.53. The predicted octanol–water partition coefficient (Wildman–Crippen LogP) is 3.66. The summed E-state index contributed by atoms with van der Waals surface area (Å²) in [7, 11) is 0. The minimum atomic E-state index is -1.53. The second-order valence-corrected chi connectivity index (χ2v) is 7.60. The lowest BCUT2D eigenvalue weighted by molar-refractivity contribution is -0.180. The molecule has 6 heteroatoms. The van der Waals surface area contributed by atoms with Gasteiger partial charge < -0.3 is 10.4 Å². The Morgan fingerprint density at radius 1 is 1.11 bits per heavy atom. The molecule has 1 heterocycles. The Morgan fingerprint density at radius 3 is 2.56 bits per heavy atom. The standard InChI is InChI=1S/C21H21ClN2O3/c22-16-10-5-4-9-15(16)19-18-17(25)11-6-12-21(18,27)24(20(26)23-19)13-14-7-2-1-3-8-14/h1-5,7-10,18-19,27H,6,11-13H2,(H,23,26)/t18-,19-,21-/m1/s1. The van der Waals surface area contributed by atoms with Crippen LogP contribution in [-0.2, 0) is 11.3 Å². The molecule has 1 saturated heterocycles. The van der Waals surface area contributed by atoms with Gasteiger partial charge in [-0.3, -0.25) is 9.69 Å². The van der Waals surface area contributed by atoms with Crippen molar-refractivity contribution in [1.29, 1.82) is 0 Å². The maximum absolute atomic E-state index is 13.0. The van der Waals surface area contributed by atoms with Gasteiger partial charge in [-0.2, -0.15) is 0 Å². The Kier molecular flexibility index (Phi) is 4.66. The predicted molar refractivity (Wildman–Crippen MR) is 102 cm³/mol. The molecule has 2 fully saturated rings. The van der Waals surface area contributed by atoms with Crippen LogP contribution in [-0.4, -0.2) is 27.5 Å². The molecule has 4 rings (SSSR count). The number of nitrogens with one attached hydrogen (secondary N) is 1. The summed E-state index contributed by atoms with van der Waals surface area (Å²) < 4.78 is 0. The van der Waals surface area contributed by atoms with E-state index in [2.05, 4.69) is 5.32 Å². The number of nitrogens with zero attached hydrogens (tertiary/aromatic N) is 1. The first-order valence-corrected chi connectivity index (χ1v) is 9.50. The first-order chi connectivity index (χ1) is 13.0. The van der Waals surface area contributed by atoms with Crippen LogP contribution in [0.25, 0.3) is 0 Å². The highest BCUT2D eigenvalue weighted by Gasteiger charge is 2.57. The van der Waals surface area contributed by atoms with E-state index >= 15 is 0 Å². The first-order valence-electron chi connectivity index (χ1n) is 9.12. The molecule has 0 aromatic heterocycles. The van der Waals surface area contributed by atoms with Crippen LogP contribution in [0.3, 0.4) is 0 Å². The Morgan fingerprint density at radius 2 is 1.81 bits per heavy atom. The van der Waals surface area contributed by atoms with Crippen molar-refractivity contribution >= 4 is 23.4 Å². The molecule has 5 nitrogen and oxygen atoms in total. The van der Waals surface area contributed by atoms with E-state index in [0.29, 0.717) is 29.8 Å². The van der Waals surface area contributed by atoms with Gasteiger partial charge in [0, 0.05) is 11.4 Å². The number of aliphatic hydroxyl groups is 1. The van der Waals surface area contributed by atoms with Gasteiger partial charge in [0.05, 0.1) is 18.5 Å². The molecular weight excluding hydrogens is 364 g/mol. The van der Waals surface area contributed by atoms with E-state index in [1.54, 1.807) is 18.2 Å². The maximum Gasteiger partial charge on any atom is 0.320 e. The number of fused-ring (bicyclic) bond motifs is 1. The van der Waals surface area contributed by atoms with Crippen molar-refractivity contribution < 1.29 is 14.7 Å². The highest BCUT2D eigenvalue weighted by molar-refractivity contribution is 6.31. The number of carbonyl (C=O) groups is 2. The van der Waals surface area contributed by atoms with Gasteiger partial charge in [0.25, 0.3) is 0 Å². The van der Waals surface area contributed by atoms with Crippen molar-refractivity contribution in [3.8, 4) is 0 Å². The average molecular weight is 385 g/mol. The summed E-state index contributed by atoms with van der Waals surface area (Å²) in [6, 6.07) is 15.6. The van der Waals surface area contributed by atoms with Gasteiger partial charge in [0.15, 0.2) is 5.72 Å². The molecule has 2 amide bonds. The fourth-order valence-electron chi connectivity index (χ4n) is 4.28. The van der Waals surface area contributed by atoms with Crippen molar-refractivity contribution in [2.24, 2.45) is 5.92 Å². The van der Waals surface area contributed by atoms with Gasteiger partial charge in [-0.1, -0.05) is 60.1 Å². The van der Waals surface area contributed by atoms with E-state index in [1.165, 1.54) is 4.90 Å². The van der Waals surface area contributed by atoms with Crippen LogP contribution in [0.5, 0.6) is 0 Å². The molecule has 1 aliphatic carbocycles. The number of benzene rings is 2. The van der Waals surface area contributed by atoms with Crippen molar-refractivity contribution in [3.05, 3.63) is 70.7 Å². The zero-order chi connectivity index (χ0) is 19.0. The van der Waals surface area contributed by atoms with E-state index in [1.807, 2.05) is 36.4 Å². The molecule has 1 aliphatic heterocycles. The molecule has 2 aliphatic rings. The summed E-state index contributed by atoms with van der Waals surface area (Å²) in [5.41, 5.74) is 0.0248. The molecule has 27 heavy (non-hydrogen) atoms. The number of urea groups is 1. The molecule has 2 aromatic rings. The number of rotatable bonds is 3. The normalized spacial score (nSPS) is 27.9. The zero-order valence-electron chi connectivity index (χ0n) is 14.8. The summed E-state index contributed by atoms with van der Waals surface area (Å²) in [4.78, 5) is 27.2. The summed E-state index contributed by atoms with van der Waals surface area (Å²) in [5, 5.41) is 15.0. The minimum Gasteiger partial charge on any atom is -0.370 e. The molecule has 2 N–H and O–H groups in total. The van der Waals surface area contributed by atoms with Crippen molar-refractivity contribution in [1.82, 2.24) is 10.2 Å². The van der Waals surface area contributed by atoms with Crippen molar-refractivity contribution in [2.45, 2.75) is 37.6 Å². The molecular formula is C21H21ClN2O3. The molecule has 3 atom stereocenters. The van der Waals surface area contributed by atoms with Gasteiger partial charge in [-0.05, 0) is 30.0 Å². The van der Waals surface area contributed by atoms with E-state index in [-0.39, 0.29) is 12.3 Å². The van der Waals surface area contributed by atoms with Crippen LogP contribution < -0.4 is 5.32 Å². The number of Topliss-reactive ketones (excluding diaryl/α,β-unsaturated/α-hetero) is 1. The van der Waals surface area contributed by atoms with Crippen LogP contribution in [0.4, 0.5) is 4.79 Å². The SMILES string of the molecule is O=C1CCC[C@@]2(O)[C@H]1[C@@H](c1ccccc1Cl)NC(=O)N2Cc1ccccc1. The monoisotopic (exact) mass is 384 g/mol. The Balaban J connectivity index is 1.75. The number of halogens is 1. The van der Waals surface area contributed by atoms with Crippen molar-refractivity contribution in [3.63, 3.8) is 0 Å². The van der Waals surface area contributed by atoms with E-state index in [0.717, 1.165) is 5.56 Å². The van der Waals surface area contributed by atoms with Gasteiger partial charge in [-0.15, -0.1) is 0 Å². The van der Waals surface area contributed by atoms with Gasteiger partial charge >= 0.3 is 6.03 Å². The van der Waals surface area contributed by atoms with Crippen LogP contribution in [0.2, 0.25) is 5.02 Å². The van der Waals surface area contributed by atoms with Gasteiger partial charge in [-0.25, -0.2) is 4.79 Å². The largest absolute Gasteiger partial charge is 0.370 e. The Labute approximate surface area is 162 Å². The number of hydrogen-bond donors (Lipinski definition) is 2. The first kappa shape index (κ1) is 18.0. The van der Waals surface area contributed by atoms with Crippen molar-refractivity contribution in [2.75, 3.05) is 0 Å². The topological polar surface area (TPSA) is 69.6 Å². The van der Waals surface area contributed by atoms with Crippen LogP contribution in [0.15, 0.2) is 54.6 Å². The molecule has 2 aromatic carbocycles. The number of carbonyl (C=O) groups excluding carboxylic acids is 2. The third kappa shape index (κ3) is 3.11. The summed E-state index contributed by atoms with van der Waals surface area (Å²) in [6.45, 7) is 0.238. The van der Waals surface area contributed by atoms with Gasteiger partial charge in [0.2, 0.25) is 0 Å². The molecule has 0 radical (unpaired) electrons. The number of ketones is 1. The molecule has 0 bridgehead atoms. The second-order valence-electron chi connectivity index (χ2n) is 7.20. The van der Waals surface area contributed by atoms with Gasteiger partial charge in [0.1, 0.15) is 5.78 Å². The fraction of sp³-hybridized carbons (Fsp3) is 0.333. The highest BCUT2D eigenvalue weighted by Crippen LogP contribution is 2.46. The number of hydrogen-bond acceptors (Lipinski definition) is 3. The minimum absolute atomic E-state index is 0.0493. The van der Waals surface area contributed by atoms with Crippen LogP contribution >= 0.6 is 11.6 Å². The van der Waals surface area contributed by atoms with E-state index in [9.17, 15) is 14.7 Å². The lowest BCUT2D eigenvalue weighted by atomic mass is 9.71. The summed E-state index contributed by atoms with van der Waals surface area (Å²) in [5.74, 6) is -0.806. The number of amides is 2. The van der Waals surface area contributed by atoms with E-state index < -0.39 is 23.7 Å². The second kappa shape index (κ2) is 6.98. The molecule has 0 spiro atoms. The summed E-state index contributed by atoms with van der Waals surface area (Å²) in [6.07, 6.45) is 1.31. The lowest BCUT2D eigenvalue weighted by Crippen LogP contribution is -2.69. The summed E-state index contributed by atoms with van der Waals surface area (Å²) >= 11 is 6.34. The maximum atomic E-state index is 13.0. The Bertz CT molecular complexity index is 873. The van der Waals surface area contributed by atoms with E-state index in [4.69, 9.17) is 11.6 Å². The quantitative estimate of drug-likeness (QED) is 0.848. The lowest BCUT2D eigenvalue weighted by Gasteiger charge is -2.53. The third-order valence-corrected chi connectivity index (χ3v) is 5.91. The molecule has 1 saturated carbocycles. The Hall–Kier alpha value is -2.37. The van der Waals surface area contributed by atoms with Crippen LogP contribution in [0.1, 0.15) is 36.4 Å². The molecule has 0 unspecified atom stereocenters. The average Bonchev–Trinajstić information content (AvgIpc) is 2.65. The smallest absolute Gasteiger partial charge is 0.320 e. The molecule has 140 valence electrons.